The number of phosphoric acid groups is 2. The summed E-state index contributed by atoms with van der Waals surface area (Å²) in [4.78, 5) is 71.7. The predicted molar refractivity (Wildman–Crippen MR) is 265 cm³/mol. The highest BCUT2D eigenvalue weighted by molar-refractivity contribution is 7.45. The summed E-state index contributed by atoms with van der Waals surface area (Å²) in [6.45, 7) is 0. The minimum absolute atomic E-state index is 0.120. The molecule has 6 aromatic rings. The number of aliphatic carboxylic acids is 2. The summed E-state index contributed by atoms with van der Waals surface area (Å²) >= 11 is 0. The fraction of sp³-hybridized carbons (Fsp3) is 0.250. The van der Waals surface area contributed by atoms with Gasteiger partial charge in [-0.2, -0.15) is 0 Å². The Morgan fingerprint density at radius 2 is 0.855 bits per heavy atom. The summed E-state index contributed by atoms with van der Waals surface area (Å²) in [5, 5.41) is 18.7. The van der Waals surface area contributed by atoms with Crippen LogP contribution in [-0.4, -0.2) is 106 Å². The second-order valence-electron chi connectivity index (χ2n) is 15.2. The first-order valence-electron chi connectivity index (χ1n) is 22.0. The molecule has 0 fully saturated rings. The van der Waals surface area contributed by atoms with Gasteiger partial charge in [0.1, 0.15) is 29.8 Å². The van der Waals surface area contributed by atoms with E-state index in [2.05, 4.69) is 40.5 Å². The zero-order chi connectivity index (χ0) is 56.6. The van der Waals surface area contributed by atoms with Crippen LogP contribution in [-0.2, 0) is 31.6 Å². The van der Waals surface area contributed by atoms with Crippen molar-refractivity contribution in [1.29, 1.82) is 0 Å². The summed E-state index contributed by atoms with van der Waals surface area (Å²) in [6.07, 6.45) is 14.5. The molecule has 0 spiro atoms. The van der Waals surface area contributed by atoms with E-state index in [-0.39, 0.29) is 23.0 Å². The van der Waals surface area contributed by atoms with Crippen molar-refractivity contribution < 1.29 is 117 Å². The zero-order valence-electron chi connectivity index (χ0n) is 42.6. The number of methoxy groups -OCH3 is 8. The molecule has 0 radical (unpaired) electrons. The van der Waals surface area contributed by atoms with Gasteiger partial charge in [0.05, 0.1) is 75.7 Å². The monoisotopic (exact) mass is 1100 g/mol. The van der Waals surface area contributed by atoms with Gasteiger partial charge in [0, 0.05) is 0 Å². The molecule has 2 aromatic heterocycles. The minimum atomic E-state index is -4.96. The summed E-state index contributed by atoms with van der Waals surface area (Å²) in [5.41, 5.74) is 11.3. The van der Waals surface area contributed by atoms with Gasteiger partial charge in [-0.1, -0.05) is 36.4 Å². The largest absolute Gasteiger partial charge is 0.746 e. The Labute approximate surface area is 436 Å². The highest BCUT2D eigenvalue weighted by atomic mass is 31.2. The van der Waals surface area contributed by atoms with E-state index in [4.69, 9.17) is 52.8 Å². The third kappa shape index (κ3) is 20.7. The van der Waals surface area contributed by atoms with Crippen molar-refractivity contribution in [2.75, 3.05) is 56.9 Å². The standard InChI is InChI=1S/2C18H21O8P.2C6H9N3O2/c2*1-22-14-8-7-12(9-15(14)26-27(19,20)21)5-6-13-10-16(23-2)18(25-4)17(11-13)24-3;2*7-5(6(10)11)1-4-2-8-3-9-4/h2*5-11H,1-4H3,(H2,19,20,21);2*2-3,5H,1,7H2,(H,8,9)(H,10,11)/p+1/b2*6-5-;;. The Balaban J connectivity index is 0.000000289. The van der Waals surface area contributed by atoms with Crippen molar-refractivity contribution in [3.63, 3.8) is 0 Å². The Bertz CT molecular complexity index is 2700. The van der Waals surface area contributed by atoms with E-state index in [1.165, 1.54) is 81.1 Å². The average molecular weight is 1100 g/mol. The number of carbonyl (C=O) groups is 2. The van der Waals surface area contributed by atoms with E-state index in [1.807, 2.05) is 0 Å². The van der Waals surface area contributed by atoms with E-state index in [9.17, 15) is 33.6 Å². The van der Waals surface area contributed by atoms with E-state index in [0.29, 0.717) is 58.5 Å². The number of imidazole rings is 2. The molecule has 28 heteroatoms. The normalized spacial score (nSPS) is 13.0. The SMILES string of the molecule is COc1ccc(/C=C\c2cc(OC)c(OC)c(OC)c2)cc1OP(=O)([O-])O.COc1ccc(/C=C\c2cc(OC)c(OC)c(OC)c2)cc1OP(=O)([O-])O.[NH3+]C(Cc1c[nH+]c[nH]1)C(=O)O.[NH3+]C(Cc1c[nH+]c[nH]1)C(=O)[O-]. The van der Waals surface area contributed by atoms with Crippen LogP contribution in [0, 0.1) is 0 Å². The van der Waals surface area contributed by atoms with Crippen LogP contribution in [0.1, 0.15) is 33.6 Å². The Morgan fingerprint density at radius 3 is 1.12 bits per heavy atom. The summed E-state index contributed by atoms with van der Waals surface area (Å²) in [6, 6.07) is 15.1. The van der Waals surface area contributed by atoms with Gasteiger partial charge in [-0.15, -0.1) is 0 Å². The molecule has 0 bridgehead atoms. The second-order valence-corrected chi connectivity index (χ2v) is 17.5. The molecule has 26 nitrogen and oxygen atoms in total. The first kappa shape index (κ1) is 62.2. The van der Waals surface area contributed by atoms with Gasteiger partial charge in [-0.05, 0) is 70.8 Å². The summed E-state index contributed by atoms with van der Waals surface area (Å²) in [7, 11) is 1.94. The molecule has 4 aromatic carbocycles. The molecule has 0 aliphatic heterocycles. The molecule has 76 heavy (non-hydrogen) atoms. The maximum Gasteiger partial charge on any atom is 0.362 e. The third-order valence-corrected chi connectivity index (χ3v) is 10.8. The lowest BCUT2D eigenvalue weighted by Crippen LogP contribution is -2.69. The van der Waals surface area contributed by atoms with Gasteiger partial charge in [0.15, 0.2) is 52.0 Å². The number of aromatic amines is 4. The van der Waals surface area contributed by atoms with Crippen molar-refractivity contribution >= 4 is 51.9 Å². The number of aromatic nitrogens is 4. The molecule has 6 rings (SSSR count). The average Bonchev–Trinajstić information content (AvgIpc) is 4.11. The van der Waals surface area contributed by atoms with Crippen LogP contribution < -0.4 is 83.3 Å². The number of phosphoric ester groups is 2. The van der Waals surface area contributed by atoms with Gasteiger partial charge in [0.2, 0.25) is 24.2 Å². The lowest BCUT2D eigenvalue weighted by atomic mass is 10.1. The summed E-state index contributed by atoms with van der Waals surface area (Å²) in [5.74, 6) is 1.07. The predicted octanol–water partition coefficient (Wildman–Crippen LogP) is 0.260. The van der Waals surface area contributed by atoms with Gasteiger partial charge in [0.25, 0.3) is 0 Å². The molecule has 4 unspecified atom stereocenters. The van der Waals surface area contributed by atoms with Crippen LogP contribution in [0.25, 0.3) is 24.3 Å². The Hall–Kier alpha value is -8.06. The number of benzene rings is 4. The van der Waals surface area contributed by atoms with Gasteiger partial charge < -0.3 is 93.0 Å². The van der Waals surface area contributed by atoms with Gasteiger partial charge >= 0.3 is 21.6 Å². The van der Waals surface area contributed by atoms with Crippen molar-refractivity contribution in [3.8, 4) is 57.5 Å². The Kier molecular flexibility index (Phi) is 24.8. The molecule has 0 amide bonds. The lowest BCUT2D eigenvalue weighted by Gasteiger charge is -2.18. The van der Waals surface area contributed by atoms with Crippen LogP contribution in [0.2, 0.25) is 0 Å². The van der Waals surface area contributed by atoms with E-state index >= 15 is 0 Å². The van der Waals surface area contributed by atoms with Gasteiger partial charge in [-0.25, -0.2) is 14.8 Å². The number of carboxylic acids is 2. The number of nitrogens with one attached hydrogen (secondary N) is 4. The van der Waals surface area contributed by atoms with E-state index in [0.717, 1.165) is 22.5 Å². The number of quaternary nitrogens is 2. The number of H-pyrrole nitrogens is 4. The van der Waals surface area contributed by atoms with Crippen LogP contribution in [0.5, 0.6) is 57.5 Å². The molecule has 0 aliphatic carbocycles. The first-order chi connectivity index (χ1) is 36.0. The topological polar surface area (TPSA) is 406 Å². The molecule has 0 saturated carbocycles. The molecule has 412 valence electrons. The second kappa shape index (κ2) is 30.3. The maximum absolute atomic E-state index is 11.0. The number of carbonyl (C=O) groups excluding carboxylic acids is 1. The molecule has 0 saturated heterocycles. The molecule has 4 atom stereocenters. The summed E-state index contributed by atoms with van der Waals surface area (Å²) < 4.78 is 73.0. The molecule has 0 aliphatic rings. The zero-order valence-corrected chi connectivity index (χ0v) is 44.3. The number of hydrogen-bond acceptors (Lipinski definition) is 17. The van der Waals surface area contributed by atoms with E-state index in [1.54, 1.807) is 85.8 Å². The van der Waals surface area contributed by atoms with Crippen LogP contribution >= 0.6 is 15.6 Å². The van der Waals surface area contributed by atoms with Crippen molar-refractivity contribution in [3.05, 3.63) is 119 Å². The molecular formula is C48H61N6O20P2+. The van der Waals surface area contributed by atoms with Crippen LogP contribution in [0.4, 0.5) is 0 Å². The fourth-order valence-corrected chi connectivity index (χ4v) is 7.12. The maximum atomic E-state index is 11.0. The fourth-order valence-electron chi connectivity index (χ4n) is 6.34. The number of carboxylic acid groups (broad SMARTS) is 2. The molecule has 2 heterocycles. The van der Waals surface area contributed by atoms with E-state index < -0.39 is 39.7 Å². The number of rotatable bonds is 22. The molecular weight excluding hydrogens is 1040 g/mol. The third-order valence-electron chi connectivity index (χ3n) is 9.93. The smallest absolute Gasteiger partial charge is 0.362 e. The number of hydrogen-bond donors (Lipinski definition) is 7. The Morgan fingerprint density at radius 1 is 0.539 bits per heavy atom. The van der Waals surface area contributed by atoms with Crippen molar-refractivity contribution in [1.82, 2.24) is 9.97 Å². The quantitative estimate of drug-likeness (QED) is 0.0354. The van der Waals surface area contributed by atoms with Crippen molar-refractivity contribution in [2.45, 2.75) is 24.9 Å². The highest BCUT2D eigenvalue weighted by Crippen LogP contribution is 2.43. The first-order valence-corrected chi connectivity index (χ1v) is 25.0. The molecule has 13 N–H and O–H groups in total. The highest BCUT2D eigenvalue weighted by Gasteiger charge is 2.19. The van der Waals surface area contributed by atoms with Crippen molar-refractivity contribution in [2.24, 2.45) is 0 Å². The minimum Gasteiger partial charge on any atom is -0.746 e. The lowest BCUT2D eigenvalue weighted by molar-refractivity contribution is -0.437. The van der Waals surface area contributed by atoms with Crippen LogP contribution in [0.3, 0.4) is 0 Å². The van der Waals surface area contributed by atoms with Gasteiger partial charge in [-0.3, -0.25) is 19.1 Å². The number of ether oxygens (including phenoxy) is 8. The van der Waals surface area contributed by atoms with Crippen LogP contribution in [0.15, 0.2) is 85.7 Å².